The summed E-state index contributed by atoms with van der Waals surface area (Å²) in [5, 5.41) is 2.13. The second kappa shape index (κ2) is 5.41. The molecule has 0 saturated heterocycles. The second-order valence-electron chi connectivity index (χ2n) is 5.53. The van der Waals surface area contributed by atoms with E-state index < -0.39 is 9.84 Å². The Labute approximate surface area is 134 Å². The molecule has 0 aliphatic heterocycles. The van der Waals surface area contributed by atoms with Crippen molar-refractivity contribution in [3.05, 3.63) is 53.0 Å². The lowest BCUT2D eigenvalue weighted by Gasteiger charge is -2.04. The summed E-state index contributed by atoms with van der Waals surface area (Å²) in [6.07, 6.45) is 1.22. The summed E-state index contributed by atoms with van der Waals surface area (Å²) in [6, 6.07) is 11.3. The van der Waals surface area contributed by atoms with Gasteiger partial charge in [0.25, 0.3) is 0 Å². The first kappa shape index (κ1) is 15.1. The summed E-state index contributed by atoms with van der Waals surface area (Å²) < 4.78 is 23.1. The van der Waals surface area contributed by atoms with Crippen LogP contribution in [0.1, 0.15) is 11.3 Å². The van der Waals surface area contributed by atoms with Crippen LogP contribution in [-0.4, -0.2) is 19.7 Å². The molecule has 0 atom stereocenters. The van der Waals surface area contributed by atoms with E-state index in [2.05, 4.69) is 29.4 Å². The van der Waals surface area contributed by atoms with Crippen molar-refractivity contribution in [3.63, 3.8) is 0 Å². The average molecular weight is 331 g/mol. The minimum Gasteiger partial charge on any atom is -0.358 e. The minimum atomic E-state index is -3.16. The van der Waals surface area contributed by atoms with E-state index in [4.69, 9.17) is 0 Å². The molecule has 22 heavy (non-hydrogen) atoms. The first-order valence-corrected chi connectivity index (χ1v) is 9.67. The van der Waals surface area contributed by atoms with Crippen LogP contribution in [0.4, 0.5) is 0 Å². The van der Waals surface area contributed by atoms with Crippen molar-refractivity contribution < 1.29 is 8.42 Å². The van der Waals surface area contributed by atoms with Crippen LogP contribution in [0.15, 0.2) is 46.7 Å². The molecule has 0 unspecified atom stereocenters. The lowest BCUT2D eigenvalue weighted by molar-refractivity contribution is 0.602. The van der Waals surface area contributed by atoms with Crippen LogP contribution in [-0.2, 0) is 9.84 Å². The Morgan fingerprint density at radius 2 is 1.73 bits per heavy atom. The lowest BCUT2D eigenvalue weighted by Crippen LogP contribution is -1.96. The van der Waals surface area contributed by atoms with Gasteiger partial charge in [-0.05, 0) is 54.6 Å². The molecule has 0 aliphatic carbocycles. The predicted octanol–water partition coefficient (Wildman–Crippen LogP) is 4.43. The molecule has 0 amide bonds. The van der Waals surface area contributed by atoms with Gasteiger partial charge in [-0.3, -0.25) is 0 Å². The highest BCUT2D eigenvalue weighted by Crippen LogP contribution is 2.36. The molecule has 1 aromatic carbocycles. The summed E-state index contributed by atoms with van der Waals surface area (Å²) in [5.41, 5.74) is 5.50. The summed E-state index contributed by atoms with van der Waals surface area (Å²) in [7, 11) is -3.16. The molecule has 1 N–H and O–H groups in total. The van der Waals surface area contributed by atoms with Gasteiger partial charge >= 0.3 is 0 Å². The number of sulfone groups is 1. The maximum absolute atomic E-state index is 11.6. The summed E-state index contributed by atoms with van der Waals surface area (Å²) in [5.74, 6) is 0. The molecule has 3 nitrogen and oxygen atoms in total. The van der Waals surface area contributed by atoms with E-state index in [-0.39, 0.29) is 0 Å². The van der Waals surface area contributed by atoms with Gasteiger partial charge in [-0.15, -0.1) is 11.3 Å². The Morgan fingerprint density at radius 1 is 1.05 bits per heavy atom. The van der Waals surface area contributed by atoms with Gasteiger partial charge in [0.15, 0.2) is 9.84 Å². The number of aromatic amines is 1. The number of aryl methyl sites for hydroxylation is 2. The number of thiophene rings is 1. The number of rotatable bonds is 3. The Kier molecular flexibility index (Phi) is 3.70. The van der Waals surface area contributed by atoms with Gasteiger partial charge in [0, 0.05) is 22.4 Å². The normalized spacial score (nSPS) is 11.8. The van der Waals surface area contributed by atoms with Gasteiger partial charge < -0.3 is 4.98 Å². The maximum atomic E-state index is 11.6. The third-order valence-electron chi connectivity index (χ3n) is 3.52. The van der Waals surface area contributed by atoms with Gasteiger partial charge in [-0.25, -0.2) is 8.42 Å². The van der Waals surface area contributed by atoms with Crippen LogP contribution in [0.3, 0.4) is 0 Å². The van der Waals surface area contributed by atoms with Crippen LogP contribution in [0, 0.1) is 13.8 Å². The van der Waals surface area contributed by atoms with E-state index in [9.17, 15) is 8.42 Å². The van der Waals surface area contributed by atoms with Gasteiger partial charge in [0.1, 0.15) is 0 Å². The van der Waals surface area contributed by atoms with Crippen LogP contribution < -0.4 is 0 Å². The fraction of sp³-hybridized carbons (Fsp3) is 0.176. The summed E-state index contributed by atoms with van der Waals surface area (Å²) in [4.78, 5) is 4.94. The largest absolute Gasteiger partial charge is 0.358 e. The fourth-order valence-electron chi connectivity index (χ4n) is 2.45. The molecule has 0 aliphatic rings. The summed E-state index contributed by atoms with van der Waals surface area (Å²) in [6.45, 7) is 4.11. The first-order chi connectivity index (χ1) is 10.3. The van der Waals surface area contributed by atoms with Gasteiger partial charge in [0.2, 0.25) is 0 Å². The molecular weight excluding hydrogens is 314 g/mol. The fourth-order valence-corrected chi connectivity index (χ4v) is 4.01. The van der Waals surface area contributed by atoms with Crippen molar-refractivity contribution in [2.75, 3.05) is 6.26 Å². The minimum absolute atomic E-state index is 0.341. The smallest absolute Gasteiger partial charge is 0.175 e. The Hall–Kier alpha value is -1.85. The number of H-pyrrole nitrogens is 1. The maximum Gasteiger partial charge on any atom is 0.175 e. The van der Waals surface area contributed by atoms with E-state index in [0.29, 0.717) is 4.90 Å². The number of hydrogen-bond donors (Lipinski definition) is 1. The molecule has 0 fully saturated rings. The number of hydrogen-bond acceptors (Lipinski definition) is 3. The number of aromatic nitrogens is 1. The molecule has 3 aromatic rings. The van der Waals surface area contributed by atoms with Crippen molar-refractivity contribution >= 4 is 21.2 Å². The molecule has 3 rings (SSSR count). The molecule has 0 radical (unpaired) electrons. The second-order valence-corrected chi connectivity index (χ2v) is 8.45. The Morgan fingerprint density at radius 3 is 2.27 bits per heavy atom. The Balaban J connectivity index is 2.09. The van der Waals surface area contributed by atoms with Gasteiger partial charge in [-0.1, -0.05) is 12.1 Å². The van der Waals surface area contributed by atoms with Crippen molar-refractivity contribution in [2.45, 2.75) is 18.7 Å². The topological polar surface area (TPSA) is 49.9 Å². The quantitative estimate of drug-likeness (QED) is 0.772. The molecule has 0 saturated carbocycles. The van der Waals surface area contributed by atoms with Gasteiger partial charge in [-0.2, -0.15) is 0 Å². The molecule has 114 valence electrons. The van der Waals surface area contributed by atoms with Crippen LogP contribution in [0.5, 0.6) is 0 Å². The zero-order valence-corrected chi connectivity index (χ0v) is 14.3. The zero-order chi connectivity index (χ0) is 15.9. The molecule has 2 aromatic heterocycles. The third kappa shape index (κ3) is 2.87. The van der Waals surface area contributed by atoms with Crippen LogP contribution in [0.2, 0.25) is 0 Å². The van der Waals surface area contributed by atoms with Crippen LogP contribution >= 0.6 is 11.3 Å². The van der Waals surface area contributed by atoms with E-state index in [1.807, 2.05) is 19.1 Å². The number of nitrogens with one attached hydrogen (secondary N) is 1. The van der Waals surface area contributed by atoms with Crippen molar-refractivity contribution in [1.82, 2.24) is 4.98 Å². The third-order valence-corrected chi connectivity index (χ3v) is 5.73. The molecule has 5 heteroatoms. The highest BCUT2D eigenvalue weighted by molar-refractivity contribution is 7.90. The van der Waals surface area contributed by atoms with Crippen molar-refractivity contribution in [2.24, 2.45) is 0 Å². The Bertz CT molecular complexity index is 916. The molecule has 0 bridgehead atoms. The monoisotopic (exact) mass is 331 g/mol. The van der Waals surface area contributed by atoms with E-state index in [0.717, 1.165) is 22.5 Å². The standard InChI is InChI=1S/C17H17NO2S2/c1-11-8-16(21-10-11)15-9-12(2)18-17(15)13-4-6-14(7-5-13)22(3,19)20/h4-10,18H,1-3H3. The molecule has 2 heterocycles. The average Bonchev–Trinajstić information content (AvgIpc) is 3.04. The highest BCUT2D eigenvalue weighted by atomic mass is 32.2. The highest BCUT2D eigenvalue weighted by Gasteiger charge is 2.13. The van der Waals surface area contributed by atoms with E-state index in [1.165, 1.54) is 16.7 Å². The zero-order valence-electron chi connectivity index (χ0n) is 12.7. The van der Waals surface area contributed by atoms with E-state index >= 15 is 0 Å². The predicted molar refractivity (Wildman–Crippen MR) is 92.1 cm³/mol. The van der Waals surface area contributed by atoms with Gasteiger partial charge in [0.05, 0.1) is 10.6 Å². The molecular formula is C17H17NO2S2. The van der Waals surface area contributed by atoms with Crippen molar-refractivity contribution in [3.8, 4) is 21.7 Å². The summed E-state index contributed by atoms with van der Waals surface area (Å²) >= 11 is 1.72. The SMILES string of the molecule is Cc1csc(-c2cc(C)[nH]c2-c2ccc(S(C)(=O)=O)cc2)c1. The number of benzene rings is 1. The van der Waals surface area contributed by atoms with Crippen molar-refractivity contribution in [1.29, 1.82) is 0 Å². The molecule has 0 spiro atoms. The first-order valence-electron chi connectivity index (χ1n) is 6.90. The van der Waals surface area contributed by atoms with E-state index in [1.54, 1.807) is 23.5 Å². The lowest BCUT2D eigenvalue weighted by atomic mass is 10.1. The van der Waals surface area contributed by atoms with Crippen LogP contribution in [0.25, 0.3) is 21.7 Å².